The number of rotatable bonds is 4. The summed E-state index contributed by atoms with van der Waals surface area (Å²) in [4.78, 5) is 14.6. The van der Waals surface area contributed by atoms with Crippen LogP contribution in [0, 0.1) is 0 Å². The smallest absolute Gasteiger partial charge is 0.282 e. The molecule has 0 saturated carbocycles. The van der Waals surface area contributed by atoms with Gasteiger partial charge in [-0.2, -0.15) is 21.7 Å². The summed E-state index contributed by atoms with van der Waals surface area (Å²) in [5, 5.41) is 8.64. The lowest BCUT2D eigenvalue weighted by Crippen LogP contribution is -2.57. The third-order valence-corrected chi connectivity index (χ3v) is 7.30. The van der Waals surface area contributed by atoms with Gasteiger partial charge in [0.2, 0.25) is 0 Å². The van der Waals surface area contributed by atoms with Gasteiger partial charge in [0.25, 0.3) is 15.8 Å². The highest BCUT2D eigenvalue weighted by Gasteiger charge is 2.36. The van der Waals surface area contributed by atoms with Crippen molar-refractivity contribution in [1.29, 1.82) is 0 Å². The first-order chi connectivity index (χ1) is 13.8. The van der Waals surface area contributed by atoms with Crippen LogP contribution in [0.1, 0.15) is 13.8 Å². The first-order valence-electron chi connectivity index (χ1n) is 9.80. The fraction of sp³-hybridized carbons (Fsp3) is 0.611. The van der Waals surface area contributed by atoms with Crippen LogP contribution in [0.25, 0.3) is 10.9 Å². The van der Waals surface area contributed by atoms with E-state index in [0.717, 1.165) is 0 Å². The Morgan fingerprint density at radius 1 is 1.03 bits per heavy atom. The van der Waals surface area contributed by atoms with Gasteiger partial charge >= 0.3 is 0 Å². The molecule has 2 atom stereocenters. The molecule has 0 radical (unpaired) electrons. The summed E-state index contributed by atoms with van der Waals surface area (Å²) < 4.78 is 36.0. The molecule has 0 unspecified atom stereocenters. The third kappa shape index (κ3) is 4.19. The number of benzene rings is 1. The van der Waals surface area contributed by atoms with Crippen molar-refractivity contribution in [2.45, 2.75) is 32.7 Å². The summed E-state index contributed by atoms with van der Waals surface area (Å²) in [6.45, 7) is 6.60. The molecule has 2 fully saturated rings. The highest BCUT2D eigenvalue weighted by atomic mass is 32.2. The van der Waals surface area contributed by atoms with Crippen LogP contribution in [0.3, 0.4) is 0 Å². The first-order valence-corrected chi connectivity index (χ1v) is 11.2. The van der Waals surface area contributed by atoms with Crippen molar-refractivity contribution in [2.75, 3.05) is 39.3 Å². The monoisotopic (exact) mass is 422 g/mol. The molecule has 0 amide bonds. The van der Waals surface area contributed by atoms with Gasteiger partial charge in [0.1, 0.15) is 5.52 Å². The minimum atomic E-state index is -3.52. The highest BCUT2D eigenvalue weighted by molar-refractivity contribution is 7.86. The molecular formula is C18H26N6O4S. The Balaban J connectivity index is 1.41. The molecule has 11 heteroatoms. The summed E-state index contributed by atoms with van der Waals surface area (Å²) in [5.41, 5.74) is 0.376. The maximum absolute atomic E-state index is 13.0. The largest absolute Gasteiger partial charge is 0.373 e. The van der Waals surface area contributed by atoms with Crippen LogP contribution in [-0.4, -0.2) is 88.4 Å². The van der Waals surface area contributed by atoms with Crippen molar-refractivity contribution in [3.63, 3.8) is 0 Å². The first kappa shape index (κ1) is 20.4. The number of fused-ring (bicyclic) bond motifs is 1. The Morgan fingerprint density at radius 3 is 2.38 bits per heavy atom. The van der Waals surface area contributed by atoms with E-state index in [1.54, 1.807) is 18.2 Å². The average Bonchev–Trinajstić information content (AvgIpc) is 2.70. The van der Waals surface area contributed by atoms with Gasteiger partial charge in [-0.15, -0.1) is 5.10 Å². The molecule has 0 N–H and O–H groups in total. The fourth-order valence-electron chi connectivity index (χ4n) is 3.89. The van der Waals surface area contributed by atoms with E-state index in [-0.39, 0.29) is 24.4 Å². The standard InChI is InChI=1S/C18H26N6O4S/c1-14-11-23(12-15(2)28-14)29(26,27)22-9-7-21(8-10-22)13-24-18(25)16-5-3-4-6-17(16)19-20-24/h3-6,14-15H,7-13H2,1-2H3/t14-,15+. The molecule has 2 saturated heterocycles. The van der Waals surface area contributed by atoms with Crippen molar-refractivity contribution >= 4 is 21.1 Å². The van der Waals surface area contributed by atoms with Crippen molar-refractivity contribution in [2.24, 2.45) is 0 Å². The van der Waals surface area contributed by atoms with E-state index < -0.39 is 10.2 Å². The molecule has 1 aromatic heterocycles. The van der Waals surface area contributed by atoms with Gasteiger partial charge in [0, 0.05) is 39.3 Å². The van der Waals surface area contributed by atoms with E-state index in [0.29, 0.717) is 50.2 Å². The molecule has 0 bridgehead atoms. The second-order valence-electron chi connectivity index (χ2n) is 7.65. The number of aromatic nitrogens is 3. The summed E-state index contributed by atoms with van der Waals surface area (Å²) in [6, 6.07) is 7.10. The minimum Gasteiger partial charge on any atom is -0.373 e. The van der Waals surface area contributed by atoms with Crippen LogP contribution in [0.5, 0.6) is 0 Å². The van der Waals surface area contributed by atoms with Crippen molar-refractivity contribution in [3.05, 3.63) is 34.6 Å². The summed E-state index contributed by atoms with van der Waals surface area (Å²) in [6.07, 6.45) is -0.235. The second-order valence-corrected chi connectivity index (χ2v) is 9.58. The van der Waals surface area contributed by atoms with Gasteiger partial charge in [0.15, 0.2) is 0 Å². The minimum absolute atomic E-state index is 0.117. The lowest BCUT2D eigenvalue weighted by atomic mass is 10.2. The predicted octanol–water partition coefficient (Wildman–Crippen LogP) is -0.279. The number of piperazine rings is 1. The van der Waals surface area contributed by atoms with Crippen LogP contribution in [0.2, 0.25) is 0 Å². The van der Waals surface area contributed by atoms with Gasteiger partial charge in [-0.25, -0.2) is 0 Å². The molecular weight excluding hydrogens is 396 g/mol. The molecule has 0 spiro atoms. The molecule has 1 aromatic carbocycles. The Kier molecular flexibility index (Phi) is 5.67. The third-order valence-electron chi connectivity index (χ3n) is 5.33. The number of morpholine rings is 1. The Bertz CT molecular complexity index is 1020. The molecule has 3 heterocycles. The van der Waals surface area contributed by atoms with Gasteiger partial charge in [0.05, 0.1) is 24.3 Å². The van der Waals surface area contributed by atoms with Gasteiger partial charge in [-0.05, 0) is 26.0 Å². The fourth-order valence-corrected chi connectivity index (χ4v) is 5.64. The number of hydrogen-bond donors (Lipinski definition) is 0. The summed E-state index contributed by atoms with van der Waals surface area (Å²) in [5.74, 6) is 0. The number of hydrogen-bond acceptors (Lipinski definition) is 7. The van der Waals surface area contributed by atoms with Crippen LogP contribution in [0.15, 0.2) is 29.1 Å². The SMILES string of the molecule is C[C@@H]1CN(S(=O)(=O)N2CCN(Cn3nnc4ccccc4c3=O)CC2)C[C@H](C)O1. The summed E-state index contributed by atoms with van der Waals surface area (Å²) in [7, 11) is -3.52. The molecule has 2 aliphatic rings. The van der Waals surface area contributed by atoms with Crippen LogP contribution >= 0.6 is 0 Å². The molecule has 10 nitrogen and oxygen atoms in total. The van der Waals surface area contributed by atoms with Crippen LogP contribution in [0.4, 0.5) is 0 Å². The maximum atomic E-state index is 13.0. The van der Waals surface area contributed by atoms with Gasteiger partial charge in [-0.3, -0.25) is 9.69 Å². The average molecular weight is 423 g/mol. The van der Waals surface area contributed by atoms with E-state index >= 15 is 0 Å². The quantitative estimate of drug-likeness (QED) is 0.668. The topological polar surface area (TPSA) is 101 Å². The molecule has 4 rings (SSSR count). The van der Waals surface area contributed by atoms with Gasteiger partial charge in [-0.1, -0.05) is 17.3 Å². The highest BCUT2D eigenvalue weighted by Crippen LogP contribution is 2.19. The van der Waals surface area contributed by atoms with Crippen molar-refractivity contribution in [3.8, 4) is 0 Å². The Morgan fingerprint density at radius 2 is 1.69 bits per heavy atom. The second kappa shape index (κ2) is 8.07. The van der Waals surface area contributed by atoms with Crippen molar-refractivity contribution in [1.82, 2.24) is 28.5 Å². The molecule has 158 valence electrons. The normalized spacial score (nSPS) is 25.4. The molecule has 0 aliphatic carbocycles. The van der Waals surface area contributed by atoms with E-state index in [2.05, 4.69) is 10.3 Å². The molecule has 29 heavy (non-hydrogen) atoms. The van der Waals surface area contributed by atoms with Gasteiger partial charge < -0.3 is 4.74 Å². The number of nitrogens with zero attached hydrogens (tertiary/aromatic N) is 6. The Hall–Kier alpha value is -1.92. The molecule has 2 aliphatic heterocycles. The maximum Gasteiger partial charge on any atom is 0.282 e. The van der Waals surface area contributed by atoms with Crippen LogP contribution < -0.4 is 5.56 Å². The van der Waals surface area contributed by atoms with E-state index in [1.165, 1.54) is 13.3 Å². The summed E-state index contributed by atoms with van der Waals surface area (Å²) >= 11 is 0. The predicted molar refractivity (Wildman–Crippen MR) is 107 cm³/mol. The Labute approximate surface area is 169 Å². The molecule has 2 aromatic rings. The number of ether oxygens (including phenoxy) is 1. The van der Waals surface area contributed by atoms with E-state index in [1.807, 2.05) is 24.8 Å². The van der Waals surface area contributed by atoms with E-state index in [4.69, 9.17) is 4.74 Å². The lowest BCUT2D eigenvalue weighted by molar-refractivity contribution is -0.0458. The zero-order valence-electron chi connectivity index (χ0n) is 16.6. The zero-order valence-corrected chi connectivity index (χ0v) is 17.5. The van der Waals surface area contributed by atoms with Crippen molar-refractivity contribution < 1.29 is 13.2 Å². The van der Waals surface area contributed by atoms with E-state index in [9.17, 15) is 13.2 Å². The zero-order chi connectivity index (χ0) is 20.6. The lowest BCUT2D eigenvalue weighted by Gasteiger charge is -2.40. The van der Waals surface area contributed by atoms with Crippen LogP contribution in [-0.2, 0) is 21.6 Å².